The maximum atomic E-state index is 10.3. The molecule has 0 heterocycles. The van der Waals surface area contributed by atoms with Crippen LogP contribution in [0.5, 0.6) is 11.5 Å². The van der Waals surface area contributed by atoms with E-state index in [0.29, 0.717) is 0 Å². The first kappa shape index (κ1) is 11.2. The first-order valence-corrected chi connectivity index (χ1v) is 2.86. The molecule has 0 fully saturated rings. The molecule has 0 aliphatic rings. The largest absolute Gasteiger partial charge is 0.508 e. The Labute approximate surface area is 87.6 Å². The van der Waals surface area contributed by atoms with E-state index in [2.05, 4.69) is 0 Å². The number of hydrogen-bond donors (Lipinski definition) is 3. The van der Waals surface area contributed by atoms with Gasteiger partial charge in [-0.2, -0.15) is 0 Å². The number of hydrogen-bond acceptors (Lipinski definition) is 3. The second-order valence-electron chi connectivity index (χ2n) is 2.01. The van der Waals surface area contributed by atoms with Crippen LogP contribution < -0.4 is 0 Å². The first-order chi connectivity index (χ1) is 5.11. The van der Waals surface area contributed by atoms with E-state index in [1.807, 2.05) is 0 Å². The molecule has 1 aromatic carbocycles. The minimum absolute atomic E-state index is 0. The van der Waals surface area contributed by atoms with Gasteiger partial charge in [0.1, 0.15) is 17.1 Å². The fourth-order valence-corrected chi connectivity index (χ4v) is 0.695. The summed E-state index contributed by atoms with van der Waals surface area (Å²) in [5, 5.41) is 26.1. The van der Waals surface area contributed by atoms with Gasteiger partial charge < -0.3 is 15.3 Å². The van der Waals surface area contributed by atoms with Gasteiger partial charge in [0.2, 0.25) is 0 Å². The van der Waals surface area contributed by atoms with Crippen LogP contribution in [0.3, 0.4) is 0 Å². The van der Waals surface area contributed by atoms with E-state index < -0.39 is 5.97 Å². The van der Waals surface area contributed by atoms with Crippen LogP contribution in [0.25, 0.3) is 0 Å². The third-order valence-corrected chi connectivity index (χ3v) is 1.21. The minimum Gasteiger partial charge on any atom is -0.508 e. The van der Waals surface area contributed by atoms with Crippen molar-refractivity contribution < 1.29 is 20.1 Å². The molecule has 1 rings (SSSR count). The van der Waals surface area contributed by atoms with Crippen LogP contribution in [0.2, 0.25) is 0 Å². The van der Waals surface area contributed by atoms with Crippen molar-refractivity contribution in [3.8, 4) is 11.5 Å². The molecule has 0 aliphatic carbocycles. The molecule has 5 heteroatoms. The molecular formula is C7H6BiO4. The van der Waals surface area contributed by atoms with E-state index in [1.165, 1.54) is 6.07 Å². The summed E-state index contributed by atoms with van der Waals surface area (Å²) >= 11 is 0. The van der Waals surface area contributed by atoms with Gasteiger partial charge in [0.15, 0.2) is 0 Å². The molecule has 4 nitrogen and oxygen atoms in total. The summed E-state index contributed by atoms with van der Waals surface area (Å²) in [7, 11) is 0. The number of benzene rings is 1. The molecule has 0 saturated heterocycles. The summed E-state index contributed by atoms with van der Waals surface area (Å²) in [6.45, 7) is 0. The molecule has 3 N–H and O–H groups in total. The second-order valence-corrected chi connectivity index (χ2v) is 2.01. The number of carboxylic acid groups (broad SMARTS) is 1. The molecule has 1 aromatic rings. The van der Waals surface area contributed by atoms with Gasteiger partial charge in [0.25, 0.3) is 0 Å². The Morgan fingerprint density at radius 3 is 2.25 bits per heavy atom. The number of phenolic OH excluding ortho intramolecular Hbond substituents is 1. The first-order valence-electron chi connectivity index (χ1n) is 2.86. The fourth-order valence-electron chi connectivity index (χ4n) is 0.695. The average Bonchev–Trinajstić information content (AvgIpc) is 1.94. The maximum Gasteiger partial charge on any atom is 0.339 e. The van der Waals surface area contributed by atoms with Gasteiger partial charge in [0, 0.05) is 26.2 Å². The van der Waals surface area contributed by atoms with Crippen molar-refractivity contribution in [3.05, 3.63) is 23.8 Å². The molecule has 0 saturated carbocycles. The topological polar surface area (TPSA) is 77.8 Å². The van der Waals surface area contributed by atoms with Crippen LogP contribution in [0.15, 0.2) is 18.2 Å². The molecule has 0 amide bonds. The third-order valence-electron chi connectivity index (χ3n) is 1.21. The van der Waals surface area contributed by atoms with E-state index in [4.69, 9.17) is 15.3 Å². The summed E-state index contributed by atoms with van der Waals surface area (Å²) in [4.78, 5) is 10.3. The van der Waals surface area contributed by atoms with Gasteiger partial charge >= 0.3 is 5.97 Å². The monoisotopic (exact) mass is 363 g/mol. The fraction of sp³-hybridized carbons (Fsp3) is 0. The molecule has 0 spiro atoms. The van der Waals surface area contributed by atoms with Crippen LogP contribution in [-0.2, 0) is 0 Å². The van der Waals surface area contributed by atoms with Crippen molar-refractivity contribution in [2.75, 3.05) is 0 Å². The smallest absolute Gasteiger partial charge is 0.339 e. The van der Waals surface area contributed by atoms with Gasteiger partial charge in [0.05, 0.1) is 0 Å². The summed E-state index contributed by atoms with van der Waals surface area (Å²) < 4.78 is 0. The van der Waals surface area contributed by atoms with Gasteiger partial charge in [-0.3, -0.25) is 0 Å². The van der Waals surface area contributed by atoms with Crippen molar-refractivity contribution in [1.29, 1.82) is 0 Å². The number of carboxylic acids is 1. The Morgan fingerprint density at radius 2 is 1.83 bits per heavy atom. The zero-order chi connectivity index (χ0) is 8.43. The third kappa shape index (κ3) is 2.34. The minimum atomic E-state index is -1.27. The number of aromatic hydroxyl groups is 2. The standard InChI is InChI=1S/C7H6O4.Bi/c8-4-1-2-6(9)5(3-4)7(10)11;/h1-3,8-9H,(H,10,11);. The summed E-state index contributed by atoms with van der Waals surface area (Å²) in [6, 6.07) is 3.32. The van der Waals surface area contributed by atoms with Crippen LogP contribution >= 0.6 is 0 Å². The molecule has 0 atom stereocenters. The molecule has 0 bridgehead atoms. The Kier molecular flexibility index (Phi) is 3.97. The zero-order valence-corrected chi connectivity index (χ0v) is 9.41. The zero-order valence-electron chi connectivity index (χ0n) is 5.93. The molecule has 63 valence electrons. The number of carbonyl (C=O) groups is 1. The normalized spacial score (nSPS) is 8.67. The van der Waals surface area contributed by atoms with Crippen LogP contribution in [-0.4, -0.2) is 47.5 Å². The SMILES string of the molecule is O=C(O)c1cc(O)ccc1O.[Bi]. The predicted molar refractivity (Wildman–Crippen MR) is 42.5 cm³/mol. The Morgan fingerprint density at radius 1 is 1.25 bits per heavy atom. The van der Waals surface area contributed by atoms with Crippen LogP contribution in [0, 0.1) is 0 Å². The van der Waals surface area contributed by atoms with E-state index in [-0.39, 0.29) is 43.3 Å². The average molecular weight is 363 g/mol. The van der Waals surface area contributed by atoms with Crippen molar-refractivity contribution in [2.45, 2.75) is 0 Å². The quantitative estimate of drug-likeness (QED) is 0.499. The summed E-state index contributed by atoms with van der Waals surface area (Å²) in [5.74, 6) is -1.80. The molecular weight excluding hydrogens is 357 g/mol. The number of rotatable bonds is 1. The molecule has 0 unspecified atom stereocenters. The van der Waals surface area contributed by atoms with Gasteiger partial charge in [-0.25, -0.2) is 4.79 Å². The predicted octanol–water partition coefficient (Wildman–Crippen LogP) is 0.415. The Balaban J connectivity index is 0.00000121. The van der Waals surface area contributed by atoms with Crippen molar-refractivity contribution in [1.82, 2.24) is 0 Å². The maximum absolute atomic E-state index is 10.3. The number of aromatic carboxylic acids is 1. The van der Waals surface area contributed by atoms with Crippen LogP contribution in [0.4, 0.5) is 0 Å². The summed E-state index contributed by atoms with van der Waals surface area (Å²) in [6.07, 6.45) is 0. The Bertz CT molecular complexity index is 297. The van der Waals surface area contributed by atoms with Crippen molar-refractivity contribution in [3.63, 3.8) is 0 Å². The van der Waals surface area contributed by atoms with Gasteiger partial charge in [-0.05, 0) is 18.2 Å². The number of phenols is 2. The van der Waals surface area contributed by atoms with Crippen molar-refractivity contribution in [2.24, 2.45) is 0 Å². The second kappa shape index (κ2) is 4.26. The molecule has 12 heavy (non-hydrogen) atoms. The molecule has 3 radical (unpaired) electrons. The van der Waals surface area contributed by atoms with Gasteiger partial charge in [-0.15, -0.1) is 0 Å². The van der Waals surface area contributed by atoms with E-state index in [9.17, 15) is 4.79 Å². The molecule has 0 aliphatic heterocycles. The van der Waals surface area contributed by atoms with Gasteiger partial charge in [-0.1, -0.05) is 0 Å². The summed E-state index contributed by atoms with van der Waals surface area (Å²) in [5.41, 5.74) is -0.301. The van der Waals surface area contributed by atoms with E-state index in [0.717, 1.165) is 12.1 Å². The van der Waals surface area contributed by atoms with E-state index in [1.54, 1.807) is 0 Å². The Hall–Kier alpha value is -0.827. The van der Waals surface area contributed by atoms with Crippen LogP contribution in [0.1, 0.15) is 10.4 Å². The molecule has 0 aromatic heterocycles. The van der Waals surface area contributed by atoms with E-state index >= 15 is 0 Å². The van der Waals surface area contributed by atoms with Crippen molar-refractivity contribution >= 4 is 32.2 Å².